The molecule has 1 N–H and O–H groups in total. The highest BCUT2D eigenvalue weighted by molar-refractivity contribution is 6.30. The number of nitrogens with zero attached hydrogens (tertiary/aromatic N) is 1. The third kappa shape index (κ3) is 3.21. The van der Waals surface area contributed by atoms with E-state index in [1.807, 2.05) is 0 Å². The maximum absolute atomic E-state index is 14.1. The molecule has 4 heteroatoms. The lowest BCUT2D eigenvalue weighted by molar-refractivity contribution is 0.323. The highest BCUT2D eigenvalue weighted by Crippen LogP contribution is 2.28. The Hall–Kier alpha value is -0.800. The molecule has 0 aromatic heterocycles. The van der Waals surface area contributed by atoms with Gasteiger partial charge in [-0.05, 0) is 30.5 Å². The smallest absolute Gasteiger partial charge is 0.146 e. The number of nitrogens with one attached hydrogen (secondary N) is 1. The summed E-state index contributed by atoms with van der Waals surface area (Å²) in [5, 5.41) is 4.15. The Balaban J connectivity index is 2.29. The van der Waals surface area contributed by atoms with Crippen molar-refractivity contribution in [2.24, 2.45) is 5.92 Å². The van der Waals surface area contributed by atoms with E-state index in [1.54, 1.807) is 12.1 Å². The van der Waals surface area contributed by atoms with Gasteiger partial charge in [-0.3, -0.25) is 0 Å². The summed E-state index contributed by atoms with van der Waals surface area (Å²) in [6.45, 7) is 8.24. The van der Waals surface area contributed by atoms with E-state index in [0.717, 1.165) is 19.5 Å². The molecule has 2 unspecified atom stereocenters. The number of hydrogen-bond acceptors (Lipinski definition) is 2. The van der Waals surface area contributed by atoms with Crippen LogP contribution in [0.4, 0.5) is 10.1 Å². The zero-order valence-corrected chi connectivity index (χ0v) is 12.5. The summed E-state index contributed by atoms with van der Waals surface area (Å²) in [4.78, 5) is 2.17. The summed E-state index contributed by atoms with van der Waals surface area (Å²) in [5.41, 5.74) is 0.631. The molecule has 1 aliphatic heterocycles. The van der Waals surface area contributed by atoms with E-state index in [1.165, 1.54) is 6.07 Å². The second-order valence-electron chi connectivity index (χ2n) is 5.57. The van der Waals surface area contributed by atoms with Gasteiger partial charge in [0.25, 0.3) is 0 Å². The van der Waals surface area contributed by atoms with Gasteiger partial charge in [-0.2, -0.15) is 0 Å². The standard InChI is InChI=1S/C15H22ClFN2/c1-4-12-8-18-14(10(2)3)9-19(12)15-7-11(16)5-6-13(15)17/h5-7,10,12,14,18H,4,8-9H2,1-3H3. The van der Waals surface area contributed by atoms with Crippen LogP contribution in [0, 0.1) is 11.7 Å². The average molecular weight is 285 g/mol. The molecule has 0 amide bonds. The number of hydrogen-bond donors (Lipinski definition) is 1. The van der Waals surface area contributed by atoms with E-state index >= 15 is 0 Å². The van der Waals surface area contributed by atoms with Crippen LogP contribution >= 0.6 is 11.6 Å². The SMILES string of the molecule is CCC1CNC(C(C)C)CN1c1cc(Cl)ccc1F. The molecule has 0 saturated carbocycles. The molecule has 2 atom stereocenters. The number of benzene rings is 1. The Morgan fingerprint density at radius 2 is 2.21 bits per heavy atom. The summed E-state index contributed by atoms with van der Waals surface area (Å²) >= 11 is 6.02. The molecule has 1 aliphatic rings. The largest absolute Gasteiger partial charge is 0.363 e. The first-order valence-electron chi connectivity index (χ1n) is 6.98. The molecular weight excluding hydrogens is 263 g/mol. The van der Waals surface area contributed by atoms with Crippen molar-refractivity contribution in [3.05, 3.63) is 29.0 Å². The first-order valence-corrected chi connectivity index (χ1v) is 7.35. The lowest BCUT2D eigenvalue weighted by Gasteiger charge is -2.43. The number of anilines is 1. The summed E-state index contributed by atoms with van der Waals surface area (Å²) in [6, 6.07) is 5.51. The highest BCUT2D eigenvalue weighted by atomic mass is 35.5. The Morgan fingerprint density at radius 3 is 2.84 bits per heavy atom. The van der Waals surface area contributed by atoms with Gasteiger partial charge in [0.15, 0.2) is 0 Å². The molecule has 0 spiro atoms. The van der Waals surface area contributed by atoms with Crippen LogP contribution in [0.1, 0.15) is 27.2 Å². The lowest BCUT2D eigenvalue weighted by atomic mass is 9.97. The maximum atomic E-state index is 14.1. The first kappa shape index (κ1) is 14.6. The minimum Gasteiger partial charge on any atom is -0.363 e. The van der Waals surface area contributed by atoms with Gasteiger partial charge in [-0.25, -0.2) is 4.39 Å². The Labute approximate surface area is 119 Å². The number of halogens is 2. The first-order chi connectivity index (χ1) is 9.02. The van der Waals surface area contributed by atoms with Gasteiger partial charge in [0.1, 0.15) is 5.82 Å². The zero-order chi connectivity index (χ0) is 14.0. The van der Waals surface area contributed by atoms with Crippen molar-refractivity contribution in [3.63, 3.8) is 0 Å². The van der Waals surface area contributed by atoms with Gasteiger partial charge in [-0.1, -0.05) is 32.4 Å². The molecule has 1 aromatic carbocycles. The number of piperazine rings is 1. The van der Waals surface area contributed by atoms with Gasteiger partial charge in [0, 0.05) is 30.2 Å². The monoisotopic (exact) mass is 284 g/mol. The molecule has 106 valence electrons. The average Bonchev–Trinajstić information content (AvgIpc) is 2.40. The second-order valence-corrected chi connectivity index (χ2v) is 6.01. The molecule has 0 bridgehead atoms. The van der Waals surface area contributed by atoms with Crippen LogP contribution in [0.25, 0.3) is 0 Å². The van der Waals surface area contributed by atoms with E-state index in [4.69, 9.17) is 11.6 Å². The van der Waals surface area contributed by atoms with Crippen molar-refractivity contribution in [1.82, 2.24) is 5.32 Å². The predicted octanol–water partition coefficient (Wildman–Crippen LogP) is 3.69. The molecule has 2 rings (SSSR count). The molecule has 1 saturated heterocycles. The minimum absolute atomic E-state index is 0.188. The van der Waals surface area contributed by atoms with E-state index in [-0.39, 0.29) is 5.82 Å². The van der Waals surface area contributed by atoms with Crippen molar-refractivity contribution >= 4 is 17.3 Å². The van der Waals surface area contributed by atoms with Gasteiger partial charge < -0.3 is 10.2 Å². The summed E-state index contributed by atoms with van der Waals surface area (Å²) < 4.78 is 14.1. The normalized spacial score (nSPS) is 24.0. The fraction of sp³-hybridized carbons (Fsp3) is 0.600. The zero-order valence-electron chi connectivity index (χ0n) is 11.8. The van der Waals surface area contributed by atoms with E-state index in [2.05, 4.69) is 31.0 Å². The molecule has 2 nitrogen and oxygen atoms in total. The fourth-order valence-corrected chi connectivity index (χ4v) is 2.80. The molecular formula is C15H22ClFN2. The molecule has 1 fully saturated rings. The summed E-state index contributed by atoms with van der Waals surface area (Å²) in [5.74, 6) is 0.342. The van der Waals surface area contributed by atoms with Crippen LogP contribution < -0.4 is 10.2 Å². The topological polar surface area (TPSA) is 15.3 Å². The van der Waals surface area contributed by atoms with Gasteiger partial charge in [-0.15, -0.1) is 0 Å². The van der Waals surface area contributed by atoms with Crippen LogP contribution in [-0.4, -0.2) is 25.2 Å². The molecule has 19 heavy (non-hydrogen) atoms. The Kier molecular flexibility index (Phi) is 4.69. The quantitative estimate of drug-likeness (QED) is 0.911. The summed E-state index contributed by atoms with van der Waals surface area (Å²) in [6.07, 6.45) is 0.990. The van der Waals surface area contributed by atoms with Crippen LogP contribution in [0.15, 0.2) is 18.2 Å². The molecule has 0 radical (unpaired) electrons. The van der Waals surface area contributed by atoms with Crippen molar-refractivity contribution < 1.29 is 4.39 Å². The van der Waals surface area contributed by atoms with Gasteiger partial charge >= 0.3 is 0 Å². The third-order valence-electron chi connectivity index (χ3n) is 3.94. The lowest BCUT2D eigenvalue weighted by Crippen LogP contribution is -2.58. The van der Waals surface area contributed by atoms with Crippen LogP contribution in [0.2, 0.25) is 5.02 Å². The van der Waals surface area contributed by atoms with Gasteiger partial charge in [0.2, 0.25) is 0 Å². The second kappa shape index (κ2) is 6.10. The Morgan fingerprint density at radius 1 is 1.47 bits per heavy atom. The molecule has 0 aliphatic carbocycles. The van der Waals surface area contributed by atoms with Crippen LogP contribution in [0.5, 0.6) is 0 Å². The summed E-state index contributed by atoms with van der Waals surface area (Å²) in [7, 11) is 0. The molecule has 1 aromatic rings. The fourth-order valence-electron chi connectivity index (χ4n) is 2.64. The predicted molar refractivity (Wildman–Crippen MR) is 79.5 cm³/mol. The van der Waals surface area contributed by atoms with Crippen LogP contribution in [-0.2, 0) is 0 Å². The van der Waals surface area contributed by atoms with E-state index in [9.17, 15) is 4.39 Å². The van der Waals surface area contributed by atoms with Crippen molar-refractivity contribution in [2.45, 2.75) is 39.3 Å². The maximum Gasteiger partial charge on any atom is 0.146 e. The van der Waals surface area contributed by atoms with Gasteiger partial charge in [0.05, 0.1) is 5.69 Å². The van der Waals surface area contributed by atoms with Crippen molar-refractivity contribution in [2.75, 3.05) is 18.0 Å². The van der Waals surface area contributed by atoms with Crippen LogP contribution in [0.3, 0.4) is 0 Å². The van der Waals surface area contributed by atoms with Crippen molar-refractivity contribution in [3.8, 4) is 0 Å². The third-order valence-corrected chi connectivity index (χ3v) is 4.18. The number of rotatable bonds is 3. The minimum atomic E-state index is -0.188. The highest BCUT2D eigenvalue weighted by Gasteiger charge is 2.29. The van der Waals surface area contributed by atoms with Crippen molar-refractivity contribution in [1.29, 1.82) is 0 Å². The Bertz CT molecular complexity index is 436. The van der Waals surface area contributed by atoms with E-state index < -0.39 is 0 Å². The molecule has 1 heterocycles. The van der Waals surface area contributed by atoms with E-state index in [0.29, 0.717) is 28.7 Å².